The first kappa shape index (κ1) is 9.60. The van der Waals surface area contributed by atoms with Crippen molar-refractivity contribution in [1.82, 2.24) is 0 Å². The Labute approximate surface area is 79.2 Å². The molecule has 1 aromatic rings. The standard InChI is InChI=1S/C11H14N2/c1-8(2)13-11-6-9(3)4-5-10(11)7-12/h4-6,8,13H,1-3H3. The van der Waals surface area contributed by atoms with Crippen LogP contribution in [0.15, 0.2) is 18.2 Å². The van der Waals surface area contributed by atoms with E-state index in [0.29, 0.717) is 11.6 Å². The van der Waals surface area contributed by atoms with E-state index < -0.39 is 0 Å². The zero-order chi connectivity index (χ0) is 9.84. The molecule has 0 heterocycles. The van der Waals surface area contributed by atoms with Crippen molar-refractivity contribution in [3.8, 4) is 6.07 Å². The zero-order valence-corrected chi connectivity index (χ0v) is 8.26. The van der Waals surface area contributed by atoms with Crippen LogP contribution in [0.5, 0.6) is 0 Å². The molecule has 0 saturated heterocycles. The number of nitrogens with zero attached hydrogens (tertiary/aromatic N) is 1. The monoisotopic (exact) mass is 174 g/mol. The molecular formula is C11H14N2. The van der Waals surface area contributed by atoms with Crippen LogP contribution in [-0.4, -0.2) is 6.04 Å². The van der Waals surface area contributed by atoms with Crippen LogP contribution in [0.4, 0.5) is 5.69 Å². The minimum Gasteiger partial charge on any atom is -0.382 e. The first-order valence-electron chi connectivity index (χ1n) is 4.41. The summed E-state index contributed by atoms with van der Waals surface area (Å²) in [4.78, 5) is 0. The smallest absolute Gasteiger partial charge is 0.101 e. The second-order valence-electron chi connectivity index (χ2n) is 3.46. The molecule has 0 unspecified atom stereocenters. The van der Waals surface area contributed by atoms with E-state index in [2.05, 4.69) is 25.2 Å². The van der Waals surface area contributed by atoms with E-state index in [-0.39, 0.29) is 0 Å². The van der Waals surface area contributed by atoms with Gasteiger partial charge in [-0.25, -0.2) is 0 Å². The predicted molar refractivity (Wildman–Crippen MR) is 54.7 cm³/mol. The van der Waals surface area contributed by atoms with Gasteiger partial charge in [0.2, 0.25) is 0 Å². The Morgan fingerprint density at radius 1 is 1.38 bits per heavy atom. The van der Waals surface area contributed by atoms with Crippen molar-refractivity contribution in [3.63, 3.8) is 0 Å². The molecule has 0 bridgehead atoms. The molecular weight excluding hydrogens is 160 g/mol. The summed E-state index contributed by atoms with van der Waals surface area (Å²) < 4.78 is 0. The molecule has 2 nitrogen and oxygen atoms in total. The Hall–Kier alpha value is -1.49. The van der Waals surface area contributed by atoms with E-state index in [4.69, 9.17) is 5.26 Å². The average molecular weight is 174 g/mol. The number of anilines is 1. The molecule has 0 radical (unpaired) electrons. The summed E-state index contributed by atoms with van der Waals surface area (Å²) in [5.41, 5.74) is 2.80. The molecule has 0 aliphatic rings. The summed E-state index contributed by atoms with van der Waals surface area (Å²) in [6, 6.07) is 8.32. The molecule has 0 fully saturated rings. The Morgan fingerprint density at radius 3 is 2.62 bits per heavy atom. The molecule has 0 saturated carbocycles. The third-order valence-corrected chi connectivity index (χ3v) is 1.74. The van der Waals surface area contributed by atoms with Crippen LogP contribution in [0.2, 0.25) is 0 Å². The number of hydrogen-bond acceptors (Lipinski definition) is 2. The summed E-state index contributed by atoms with van der Waals surface area (Å²) in [7, 11) is 0. The number of nitriles is 1. The molecule has 0 aliphatic carbocycles. The minimum atomic E-state index is 0.355. The summed E-state index contributed by atoms with van der Waals surface area (Å²) in [5, 5.41) is 12.1. The number of nitrogens with one attached hydrogen (secondary N) is 1. The highest BCUT2D eigenvalue weighted by Gasteiger charge is 2.02. The van der Waals surface area contributed by atoms with E-state index >= 15 is 0 Å². The van der Waals surface area contributed by atoms with Crippen molar-refractivity contribution in [2.45, 2.75) is 26.8 Å². The molecule has 0 aromatic heterocycles. The average Bonchev–Trinajstić information content (AvgIpc) is 2.03. The van der Waals surface area contributed by atoms with Gasteiger partial charge in [-0.15, -0.1) is 0 Å². The van der Waals surface area contributed by atoms with Gasteiger partial charge < -0.3 is 5.32 Å². The molecule has 2 heteroatoms. The van der Waals surface area contributed by atoms with Gasteiger partial charge >= 0.3 is 0 Å². The number of hydrogen-bond donors (Lipinski definition) is 1. The summed E-state index contributed by atoms with van der Waals surface area (Å²) in [6.45, 7) is 6.14. The highest BCUT2D eigenvalue weighted by atomic mass is 14.9. The summed E-state index contributed by atoms with van der Waals surface area (Å²) in [6.07, 6.45) is 0. The molecule has 13 heavy (non-hydrogen) atoms. The fourth-order valence-corrected chi connectivity index (χ4v) is 1.19. The normalized spacial score (nSPS) is 9.77. The maximum absolute atomic E-state index is 8.83. The van der Waals surface area contributed by atoms with Crippen molar-refractivity contribution >= 4 is 5.69 Å². The van der Waals surface area contributed by atoms with Crippen molar-refractivity contribution in [2.24, 2.45) is 0 Å². The lowest BCUT2D eigenvalue weighted by molar-refractivity contribution is 0.898. The minimum absolute atomic E-state index is 0.355. The van der Waals surface area contributed by atoms with Crippen molar-refractivity contribution in [3.05, 3.63) is 29.3 Å². The lowest BCUT2D eigenvalue weighted by Crippen LogP contribution is -2.10. The van der Waals surface area contributed by atoms with Gasteiger partial charge in [0.25, 0.3) is 0 Å². The number of aryl methyl sites for hydroxylation is 1. The third-order valence-electron chi connectivity index (χ3n) is 1.74. The maximum Gasteiger partial charge on any atom is 0.101 e. The van der Waals surface area contributed by atoms with Crippen LogP contribution >= 0.6 is 0 Å². The summed E-state index contributed by atoms with van der Waals surface area (Å²) >= 11 is 0. The predicted octanol–water partition coefficient (Wildman–Crippen LogP) is 2.69. The molecule has 0 aliphatic heterocycles. The van der Waals surface area contributed by atoms with Crippen LogP contribution < -0.4 is 5.32 Å². The molecule has 0 amide bonds. The zero-order valence-electron chi connectivity index (χ0n) is 8.26. The first-order valence-corrected chi connectivity index (χ1v) is 4.41. The molecule has 1 aromatic carbocycles. The highest BCUT2D eigenvalue weighted by molar-refractivity contribution is 5.59. The van der Waals surface area contributed by atoms with E-state index in [0.717, 1.165) is 5.69 Å². The van der Waals surface area contributed by atoms with Gasteiger partial charge in [0.1, 0.15) is 6.07 Å². The molecule has 0 atom stereocenters. The van der Waals surface area contributed by atoms with Gasteiger partial charge in [-0.2, -0.15) is 5.26 Å². The van der Waals surface area contributed by atoms with Crippen LogP contribution in [0.25, 0.3) is 0 Å². The lowest BCUT2D eigenvalue weighted by atomic mass is 10.1. The van der Waals surface area contributed by atoms with Gasteiger partial charge in [-0.05, 0) is 38.5 Å². The van der Waals surface area contributed by atoms with Crippen molar-refractivity contribution in [2.75, 3.05) is 5.32 Å². The Morgan fingerprint density at radius 2 is 2.08 bits per heavy atom. The van der Waals surface area contributed by atoms with Crippen LogP contribution in [0, 0.1) is 18.3 Å². The Kier molecular flexibility index (Phi) is 2.92. The molecule has 1 N–H and O–H groups in total. The van der Waals surface area contributed by atoms with E-state index in [1.165, 1.54) is 5.56 Å². The highest BCUT2D eigenvalue weighted by Crippen LogP contribution is 2.17. The first-order chi connectivity index (χ1) is 6.13. The van der Waals surface area contributed by atoms with Gasteiger partial charge in [-0.1, -0.05) is 6.07 Å². The molecule has 0 spiro atoms. The van der Waals surface area contributed by atoms with E-state index in [1.54, 1.807) is 0 Å². The van der Waals surface area contributed by atoms with Crippen molar-refractivity contribution < 1.29 is 0 Å². The lowest BCUT2D eigenvalue weighted by Gasteiger charge is -2.11. The van der Waals surface area contributed by atoms with Gasteiger partial charge in [0.15, 0.2) is 0 Å². The SMILES string of the molecule is Cc1ccc(C#N)c(NC(C)C)c1. The number of benzene rings is 1. The van der Waals surface area contributed by atoms with E-state index in [1.807, 2.05) is 25.1 Å². The van der Waals surface area contributed by atoms with E-state index in [9.17, 15) is 0 Å². The second kappa shape index (κ2) is 3.95. The van der Waals surface area contributed by atoms with Gasteiger partial charge in [0.05, 0.1) is 11.3 Å². The van der Waals surface area contributed by atoms with Crippen LogP contribution in [0.3, 0.4) is 0 Å². The second-order valence-corrected chi connectivity index (χ2v) is 3.46. The van der Waals surface area contributed by atoms with Gasteiger partial charge in [-0.3, -0.25) is 0 Å². The van der Waals surface area contributed by atoms with Crippen molar-refractivity contribution in [1.29, 1.82) is 5.26 Å². The van der Waals surface area contributed by atoms with Gasteiger partial charge in [0, 0.05) is 6.04 Å². The number of rotatable bonds is 2. The maximum atomic E-state index is 8.83. The Balaban J connectivity index is 3.03. The fraction of sp³-hybridized carbons (Fsp3) is 0.364. The third kappa shape index (κ3) is 2.48. The summed E-state index contributed by atoms with van der Waals surface area (Å²) in [5.74, 6) is 0. The Bertz CT molecular complexity index is 334. The molecule has 68 valence electrons. The van der Waals surface area contributed by atoms with Crippen LogP contribution in [0.1, 0.15) is 25.0 Å². The molecule has 1 rings (SSSR count). The largest absolute Gasteiger partial charge is 0.382 e. The van der Waals surface area contributed by atoms with Crippen LogP contribution in [-0.2, 0) is 0 Å². The topological polar surface area (TPSA) is 35.8 Å². The quantitative estimate of drug-likeness (QED) is 0.748. The fourth-order valence-electron chi connectivity index (χ4n) is 1.19.